The van der Waals surface area contributed by atoms with Crippen molar-refractivity contribution in [1.82, 2.24) is 19.5 Å². The van der Waals surface area contributed by atoms with E-state index in [1.54, 1.807) is 24.9 Å². The van der Waals surface area contributed by atoms with Crippen molar-refractivity contribution >= 4 is 30.3 Å². The lowest BCUT2D eigenvalue weighted by Crippen LogP contribution is -2.16. The van der Waals surface area contributed by atoms with E-state index in [9.17, 15) is 0 Å². The number of aromatic nitrogens is 4. The maximum atomic E-state index is 5.77. The second-order valence-electron chi connectivity index (χ2n) is 4.70. The highest BCUT2D eigenvalue weighted by molar-refractivity contribution is 6.40. The molecule has 0 saturated carbocycles. The smallest absolute Gasteiger partial charge is 0.208 e. The van der Waals surface area contributed by atoms with E-state index in [2.05, 4.69) is 21.5 Å². The Bertz CT molecular complexity index is 771. The molecule has 0 aliphatic heterocycles. The summed E-state index contributed by atoms with van der Waals surface area (Å²) in [6.07, 6.45) is 10.8. The van der Waals surface area contributed by atoms with E-state index < -0.39 is 0 Å². The Hall–Kier alpha value is -2.63. The third-order valence-corrected chi connectivity index (χ3v) is 3.38. The fraction of sp³-hybridized carbons (Fsp3) is 0.133. The van der Waals surface area contributed by atoms with Crippen LogP contribution in [-0.4, -0.2) is 34.0 Å². The van der Waals surface area contributed by atoms with Crippen LogP contribution in [0.2, 0.25) is 0 Å². The summed E-state index contributed by atoms with van der Waals surface area (Å²) >= 11 is 0. The van der Waals surface area contributed by atoms with E-state index >= 15 is 0 Å². The molecule has 6 heteroatoms. The summed E-state index contributed by atoms with van der Waals surface area (Å²) in [6.45, 7) is 5.09. The van der Waals surface area contributed by atoms with Crippen LogP contribution < -0.4 is 10.2 Å². The molecule has 0 amide bonds. The van der Waals surface area contributed by atoms with Gasteiger partial charge < -0.3 is 9.30 Å². The average Bonchev–Trinajstić information content (AvgIpc) is 3.02. The highest BCUT2D eigenvalue weighted by Crippen LogP contribution is 2.17. The molecule has 0 aliphatic carbocycles. The molecule has 21 heavy (non-hydrogen) atoms. The predicted octanol–water partition coefficient (Wildman–Crippen LogP) is 0.807. The molecule has 0 aliphatic rings. The van der Waals surface area contributed by atoms with Crippen LogP contribution in [0.4, 0.5) is 0 Å². The van der Waals surface area contributed by atoms with Crippen LogP contribution in [0.5, 0.6) is 5.88 Å². The third kappa shape index (κ3) is 2.65. The van der Waals surface area contributed by atoms with Crippen molar-refractivity contribution in [1.29, 1.82) is 0 Å². The van der Waals surface area contributed by atoms with Gasteiger partial charge in [-0.15, -0.1) is 0 Å². The Kier molecular flexibility index (Phi) is 3.68. The van der Waals surface area contributed by atoms with E-state index in [-0.39, 0.29) is 0 Å². The molecule has 3 aromatic rings. The molecule has 3 aromatic heterocycles. The number of imidazole rings is 1. The summed E-state index contributed by atoms with van der Waals surface area (Å²) < 4.78 is 7.73. The largest absolute Gasteiger partial charge is 0.476 e. The number of nitrogens with zero attached hydrogens (tertiary/aromatic N) is 4. The summed E-state index contributed by atoms with van der Waals surface area (Å²) in [7, 11) is 1.97. The lowest BCUT2D eigenvalue weighted by molar-refractivity contribution is 0.290. The van der Waals surface area contributed by atoms with Crippen molar-refractivity contribution in [3.63, 3.8) is 0 Å². The molecule has 0 unspecified atom stereocenters. The molecule has 3 rings (SSSR count). The summed E-state index contributed by atoms with van der Waals surface area (Å²) in [6, 6.07) is 1.93. The molecule has 0 spiro atoms. The van der Waals surface area contributed by atoms with Gasteiger partial charge in [0.15, 0.2) is 0 Å². The van der Waals surface area contributed by atoms with E-state index in [0.29, 0.717) is 12.5 Å². The van der Waals surface area contributed by atoms with Crippen LogP contribution in [0.1, 0.15) is 5.56 Å². The zero-order chi connectivity index (χ0) is 14.7. The Balaban J connectivity index is 1.83. The molecule has 0 aromatic carbocycles. The van der Waals surface area contributed by atoms with Gasteiger partial charge in [0.05, 0.1) is 18.4 Å². The summed E-state index contributed by atoms with van der Waals surface area (Å²) in [5, 5.41) is 0.993. The zero-order valence-electron chi connectivity index (χ0n) is 11.9. The Labute approximate surface area is 123 Å². The van der Waals surface area contributed by atoms with Crippen LogP contribution in [0.15, 0.2) is 43.8 Å². The molecule has 3 heterocycles. The topological polar surface area (TPSA) is 52.8 Å². The van der Waals surface area contributed by atoms with Crippen LogP contribution in [0.25, 0.3) is 17.0 Å². The minimum Gasteiger partial charge on any atom is -0.476 e. The molecule has 0 bridgehead atoms. The molecule has 0 fully saturated rings. The molecular formula is C15H15BN4O. The van der Waals surface area contributed by atoms with Crippen molar-refractivity contribution in [2.24, 2.45) is 0 Å². The predicted molar refractivity (Wildman–Crippen MR) is 85.5 cm³/mol. The van der Waals surface area contributed by atoms with Gasteiger partial charge in [0, 0.05) is 30.2 Å². The minimum atomic E-state index is 0.539. The standard InChI is InChI=1S/C15H15BN4O/c1-2-11-3-4-18-14-12(11)9-19-15(13(14)16)21-8-7-20-6-5-17-10-20/h2-6,9-10H,1,7-8,16H2. The van der Waals surface area contributed by atoms with Crippen molar-refractivity contribution < 1.29 is 4.74 Å². The second kappa shape index (κ2) is 5.79. The first-order valence-corrected chi connectivity index (χ1v) is 6.75. The Morgan fingerprint density at radius 3 is 3.00 bits per heavy atom. The lowest BCUT2D eigenvalue weighted by atomic mass is 9.93. The summed E-state index contributed by atoms with van der Waals surface area (Å²) in [5.41, 5.74) is 2.88. The van der Waals surface area contributed by atoms with Gasteiger partial charge in [-0.25, -0.2) is 9.97 Å². The van der Waals surface area contributed by atoms with Gasteiger partial charge in [-0.1, -0.05) is 12.7 Å². The van der Waals surface area contributed by atoms with Crippen LogP contribution >= 0.6 is 0 Å². The highest BCUT2D eigenvalue weighted by atomic mass is 16.5. The van der Waals surface area contributed by atoms with Crippen molar-refractivity contribution in [3.05, 3.63) is 49.3 Å². The monoisotopic (exact) mass is 278 g/mol. The maximum absolute atomic E-state index is 5.77. The van der Waals surface area contributed by atoms with E-state index in [0.717, 1.165) is 28.5 Å². The van der Waals surface area contributed by atoms with E-state index in [1.807, 2.05) is 30.8 Å². The molecule has 104 valence electrons. The number of hydrogen-bond acceptors (Lipinski definition) is 4. The van der Waals surface area contributed by atoms with Gasteiger partial charge in [-0.2, -0.15) is 0 Å². The van der Waals surface area contributed by atoms with Gasteiger partial charge in [-0.3, -0.25) is 4.98 Å². The first-order valence-electron chi connectivity index (χ1n) is 6.75. The lowest BCUT2D eigenvalue weighted by Gasteiger charge is -2.11. The zero-order valence-corrected chi connectivity index (χ0v) is 11.9. The maximum Gasteiger partial charge on any atom is 0.208 e. The van der Waals surface area contributed by atoms with Gasteiger partial charge in [-0.05, 0) is 17.1 Å². The second-order valence-corrected chi connectivity index (χ2v) is 4.70. The van der Waals surface area contributed by atoms with Crippen LogP contribution in [0, 0.1) is 0 Å². The van der Waals surface area contributed by atoms with Gasteiger partial charge in [0.25, 0.3) is 0 Å². The molecular weight excluding hydrogens is 263 g/mol. The molecule has 0 saturated heterocycles. The number of hydrogen-bond donors (Lipinski definition) is 0. The van der Waals surface area contributed by atoms with Gasteiger partial charge in [0.1, 0.15) is 14.5 Å². The van der Waals surface area contributed by atoms with Gasteiger partial charge >= 0.3 is 0 Å². The number of rotatable bonds is 5. The molecule has 0 N–H and O–H groups in total. The molecule has 5 nitrogen and oxygen atoms in total. The van der Waals surface area contributed by atoms with Crippen molar-refractivity contribution in [3.8, 4) is 5.88 Å². The van der Waals surface area contributed by atoms with Crippen molar-refractivity contribution in [2.45, 2.75) is 6.54 Å². The Morgan fingerprint density at radius 2 is 2.24 bits per heavy atom. The third-order valence-electron chi connectivity index (χ3n) is 3.38. The molecule has 0 atom stereocenters. The number of fused-ring (bicyclic) bond motifs is 1. The SMILES string of the molecule is Bc1c(OCCn2ccnc2)ncc2c(C=C)ccnc12. The van der Waals surface area contributed by atoms with Crippen LogP contribution in [-0.2, 0) is 6.54 Å². The fourth-order valence-corrected chi connectivity index (χ4v) is 2.23. The summed E-state index contributed by atoms with van der Waals surface area (Å²) in [4.78, 5) is 12.8. The van der Waals surface area contributed by atoms with E-state index in [4.69, 9.17) is 4.74 Å². The number of ether oxygens (including phenoxy) is 1. The normalized spacial score (nSPS) is 10.7. The summed E-state index contributed by atoms with van der Waals surface area (Å²) in [5.74, 6) is 0.622. The Morgan fingerprint density at radius 1 is 1.33 bits per heavy atom. The van der Waals surface area contributed by atoms with Crippen molar-refractivity contribution in [2.75, 3.05) is 6.61 Å². The first-order chi connectivity index (χ1) is 10.3. The van der Waals surface area contributed by atoms with E-state index in [1.165, 1.54) is 0 Å². The fourth-order valence-electron chi connectivity index (χ4n) is 2.23. The highest BCUT2D eigenvalue weighted by Gasteiger charge is 2.09. The minimum absolute atomic E-state index is 0.539. The number of pyridine rings is 2. The quantitative estimate of drug-likeness (QED) is 0.648. The molecule has 0 radical (unpaired) electrons. The first kappa shape index (κ1) is 13.4. The van der Waals surface area contributed by atoms with Gasteiger partial charge in [0.2, 0.25) is 5.88 Å². The van der Waals surface area contributed by atoms with Crippen LogP contribution in [0.3, 0.4) is 0 Å². The average molecular weight is 278 g/mol.